The molecule has 0 spiro atoms. The van der Waals surface area contributed by atoms with Gasteiger partial charge in [0, 0.05) is 17.1 Å². The van der Waals surface area contributed by atoms with Gasteiger partial charge in [0.05, 0.1) is 11.4 Å². The Morgan fingerprint density at radius 2 is 1.77 bits per heavy atom. The van der Waals surface area contributed by atoms with Gasteiger partial charge < -0.3 is 10.1 Å². The van der Waals surface area contributed by atoms with Gasteiger partial charge in [-0.25, -0.2) is 0 Å². The molecule has 114 valence electrons. The van der Waals surface area contributed by atoms with Crippen LogP contribution in [0.2, 0.25) is 10.0 Å². The predicted octanol–water partition coefficient (Wildman–Crippen LogP) is 3.72. The number of benzene rings is 2. The Labute approximate surface area is 138 Å². The lowest BCUT2D eigenvalue weighted by atomic mass is 10.2. The van der Waals surface area contributed by atoms with Crippen molar-refractivity contribution in [3.05, 3.63) is 64.1 Å². The molecule has 0 heterocycles. The van der Waals surface area contributed by atoms with E-state index in [0.29, 0.717) is 10.6 Å². The second kappa shape index (κ2) is 7.82. The Balaban J connectivity index is 1.80. The van der Waals surface area contributed by atoms with Gasteiger partial charge >= 0.3 is 5.97 Å². The van der Waals surface area contributed by atoms with Crippen molar-refractivity contribution in [3.8, 4) is 5.75 Å². The van der Waals surface area contributed by atoms with Gasteiger partial charge in [-0.2, -0.15) is 0 Å². The van der Waals surface area contributed by atoms with Crippen molar-refractivity contribution in [2.24, 2.45) is 0 Å². The molecule has 0 bridgehead atoms. The van der Waals surface area contributed by atoms with Gasteiger partial charge in [-0.1, -0.05) is 41.4 Å². The van der Waals surface area contributed by atoms with Crippen molar-refractivity contribution < 1.29 is 14.3 Å². The van der Waals surface area contributed by atoms with Gasteiger partial charge in [0.25, 0.3) is 5.91 Å². The van der Waals surface area contributed by atoms with E-state index in [9.17, 15) is 9.59 Å². The van der Waals surface area contributed by atoms with E-state index in [1.54, 1.807) is 30.3 Å². The fourth-order valence-corrected chi connectivity index (χ4v) is 2.15. The summed E-state index contributed by atoms with van der Waals surface area (Å²) in [7, 11) is 0. The molecular formula is C16H13Cl2NO3. The molecule has 2 aromatic carbocycles. The highest BCUT2D eigenvalue weighted by molar-refractivity contribution is 6.35. The van der Waals surface area contributed by atoms with Crippen LogP contribution in [0.4, 0.5) is 0 Å². The summed E-state index contributed by atoms with van der Waals surface area (Å²) in [6.07, 6.45) is 0.0392. The summed E-state index contributed by atoms with van der Waals surface area (Å²) in [5, 5.41) is 3.36. The lowest BCUT2D eigenvalue weighted by Gasteiger charge is -2.07. The third-order valence-electron chi connectivity index (χ3n) is 2.77. The zero-order chi connectivity index (χ0) is 15.9. The molecule has 1 N–H and O–H groups in total. The van der Waals surface area contributed by atoms with Gasteiger partial charge in [0.2, 0.25) is 0 Å². The topological polar surface area (TPSA) is 55.4 Å². The number of carbonyl (C=O) groups is 2. The fourth-order valence-electron chi connectivity index (χ4n) is 1.70. The first-order valence-corrected chi connectivity index (χ1v) is 7.31. The summed E-state index contributed by atoms with van der Waals surface area (Å²) in [5.74, 6) is -0.485. The highest BCUT2D eigenvalue weighted by Crippen LogP contribution is 2.27. The lowest BCUT2D eigenvalue weighted by Crippen LogP contribution is -2.27. The second-order valence-electron chi connectivity index (χ2n) is 4.42. The van der Waals surface area contributed by atoms with E-state index in [2.05, 4.69) is 5.32 Å². The van der Waals surface area contributed by atoms with Crippen molar-refractivity contribution in [2.75, 3.05) is 6.54 Å². The van der Waals surface area contributed by atoms with Crippen molar-refractivity contribution in [1.29, 1.82) is 0 Å². The molecule has 2 aromatic rings. The maximum atomic E-state index is 11.8. The molecule has 1 amide bonds. The van der Waals surface area contributed by atoms with Gasteiger partial charge in [0.1, 0.15) is 5.75 Å². The quantitative estimate of drug-likeness (QED) is 0.668. The minimum Gasteiger partial charge on any atom is -0.425 e. The average molecular weight is 338 g/mol. The van der Waals surface area contributed by atoms with Crippen molar-refractivity contribution in [3.63, 3.8) is 0 Å². The summed E-state index contributed by atoms with van der Waals surface area (Å²) in [6.45, 7) is 0.178. The van der Waals surface area contributed by atoms with Crippen LogP contribution < -0.4 is 10.1 Å². The first-order chi connectivity index (χ1) is 10.6. The van der Waals surface area contributed by atoms with Crippen molar-refractivity contribution in [2.45, 2.75) is 6.42 Å². The molecule has 6 heteroatoms. The van der Waals surface area contributed by atoms with Crippen LogP contribution in [0, 0.1) is 0 Å². The minimum absolute atomic E-state index is 0.0392. The van der Waals surface area contributed by atoms with Crippen LogP contribution in [0.25, 0.3) is 0 Å². The van der Waals surface area contributed by atoms with Crippen LogP contribution in [-0.2, 0) is 4.79 Å². The highest BCUT2D eigenvalue weighted by atomic mass is 35.5. The van der Waals surface area contributed by atoms with E-state index < -0.39 is 5.97 Å². The van der Waals surface area contributed by atoms with Crippen LogP contribution >= 0.6 is 23.2 Å². The number of hydrogen-bond donors (Lipinski definition) is 1. The average Bonchev–Trinajstić information content (AvgIpc) is 2.51. The van der Waals surface area contributed by atoms with E-state index in [1.165, 1.54) is 12.1 Å². The number of esters is 1. The molecule has 0 unspecified atom stereocenters. The summed E-state index contributed by atoms with van der Waals surface area (Å²) < 4.78 is 5.11. The molecule has 0 radical (unpaired) electrons. The third-order valence-corrected chi connectivity index (χ3v) is 3.30. The summed E-state index contributed by atoms with van der Waals surface area (Å²) in [4.78, 5) is 23.5. The minimum atomic E-state index is -0.488. The van der Waals surface area contributed by atoms with Gasteiger partial charge in [-0.15, -0.1) is 0 Å². The standard InChI is InChI=1S/C16H13Cl2NO3/c17-12-6-7-14(13(18)10-12)22-15(20)8-9-19-16(21)11-4-2-1-3-5-11/h1-7,10H,8-9H2,(H,19,21). The Morgan fingerprint density at radius 1 is 1.05 bits per heavy atom. The number of rotatable bonds is 5. The highest BCUT2D eigenvalue weighted by Gasteiger charge is 2.10. The monoisotopic (exact) mass is 337 g/mol. The Hall–Kier alpha value is -2.04. The first-order valence-electron chi connectivity index (χ1n) is 6.55. The molecule has 0 aliphatic rings. The zero-order valence-electron chi connectivity index (χ0n) is 11.5. The molecule has 22 heavy (non-hydrogen) atoms. The molecule has 0 fully saturated rings. The van der Waals surface area contributed by atoms with Crippen molar-refractivity contribution >= 4 is 35.1 Å². The number of nitrogens with one attached hydrogen (secondary N) is 1. The van der Waals surface area contributed by atoms with Gasteiger partial charge in [-0.05, 0) is 30.3 Å². The van der Waals surface area contributed by atoms with Crippen LogP contribution in [-0.4, -0.2) is 18.4 Å². The van der Waals surface area contributed by atoms with E-state index in [1.807, 2.05) is 6.07 Å². The largest absolute Gasteiger partial charge is 0.425 e. The summed E-state index contributed by atoms with van der Waals surface area (Å²) >= 11 is 11.7. The molecule has 2 rings (SSSR count). The molecule has 0 aliphatic heterocycles. The molecule has 4 nitrogen and oxygen atoms in total. The lowest BCUT2D eigenvalue weighted by molar-refractivity contribution is -0.134. The van der Waals surface area contributed by atoms with Crippen LogP contribution in [0.15, 0.2) is 48.5 Å². The second-order valence-corrected chi connectivity index (χ2v) is 5.26. The predicted molar refractivity (Wildman–Crippen MR) is 85.5 cm³/mol. The van der Waals surface area contributed by atoms with E-state index in [0.717, 1.165) is 0 Å². The maximum Gasteiger partial charge on any atom is 0.313 e. The van der Waals surface area contributed by atoms with E-state index in [4.69, 9.17) is 27.9 Å². The number of amides is 1. The number of carbonyl (C=O) groups excluding carboxylic acids is 2. The Bertz CT molecular complexity index is 674. The number of halogens is 2. The SMILES string of the molecule is O=C(CCNC(=O)c1ccccc1)Oc1ccc(Cl)cc1Cl. The van der Waals surface area contributed by atoms with Gasteiger partial charge in [-0.3, -0.25) is 9.59 Å². The maximum absolute atomic E-state index is 11.8. The number of ether oxygens (including phenoxy) is 1. The zero-order valence-corrected chi connectivity index (χ0v) is 13.0. The fraction of sp³-hybridized carbons (Fsp3) is 0.125. The molecule has 0 atom stereocenters. The first kappa shape index (κ1) is 16.3. The Kier molecular flexibility index (Phi) is 5.81. The summed E-state index contributed by atoms with van der Waals surface area (Å²) in [6, 6.07) is 13.3. The molecule has 0 aliphatic carbocycles. The normalized spacial score (nSPS) is 10.1. The van der Waals surface area contributed by atoms with E-state index in [-0.39, 0.29) is 29.6 Å². The molecule has 0 saturated carbocycles. The molecule has 0 saturated heterocycles. The number of hydrogen-bond acceptors (Lipinski definition) is 3. The van der Waals surface area contributed by atoms with Crippen LogP contribution in [0.3, 0.4) is 0 Å². The van der Waals surface area contributed by atoms with Crippen molar-refractivity contribution in [1.82, 2.24) is 5.32 Å². The molecular weight excluding hydrogens is 325 g/mol. The van der Waals surface area contributed by atoms with Gasteiger partial charge in [0.15, 0.2) is 0 Å². The summed E-state index contributed by atoms with van der Waals surface area (Å²) in [5.41, 5.74) is 0.539. The van der Waals surface area contributed by atoms with Crippen LogP contribution in [0.5, 0.6) is 5.75 Å². The molecule has 0 aromatic heterocycles. The Morgan fingerprint density at radius 3 is 2.45 bits per heavy atom. The third kappa shape index (κ3) is 4.76. The smallest absolute Gasteiger partial charge is 0.313 e. The van der Waals surface area contributed by atoms with Crippen LogP contribution in [0.1, 0.15) is 16.8 Å². The van der Waals surface area contributed by atoms with E-state index >= 15 is 0 Å².